The van der Waals surface area contributed by atoms with E-state index < -0.39 is 0 Å². The number of benzene rings is 1. The van der Waals surface area contributed by atoms with Gasteiger partial charge in [-0.3, -0.25) is 0 Å². The number of hydrogen-bond donors (Lipinski definition) is 1. The molecule has 3 aromatic rings. The van der Waals surface area contributed by atoms with Gasteiger partial charge in [0.25, 0.3) is 0 Å². The molecule has 0 saturated heterocycles. The Kier molecular flexibility index (Phi) is 3.39. The van der Waals surface area contributed by atoms with E-state index in [0.717, 1.165) is 17.8 Å². The number of nitrogens with two attached hydrogens (primary N) is 1. The summed E-state index contributed by atoms with van der Waals surface area (Å²) in [7, 11) is 0. The maximum atomic E-state index is 6.27. The molecule has 1 aromatic carbocycles. The van der Waals surface area contributed by atoms with Gasteiger partial charge < -0.3 is 5.73 Å². The Morgan fingerprint density at radius 3 is 2.79 bits per heavy atom. The highest BCUT2D eigenvalue weighted by Crippen LogP contribution is 2.19. The molecule has 4 nitrogen and oxygen atoms in total. The van der Waals surface area contributed by atoms with Crippen LogP contribution in [0.2, 0.25) is 0 Å². The van der Waals surface area contributed by atoms with Crippen LogP contribution in [0.1, 0.15) is 17.3 Å². The second kappa shape index (κ2) is 5.34. The topological polar surface area (TPSA) is 56.7 Å². The van der Waals surface area contributed by atoms with Crippen molar-refractivity contribution in [2.45, 2.75) is 12.5 Å². The number of aromatic nitrogens is 3. The van der Waals surface area contributed by atoms with Crippen LogP contribution in [-0.4, -0.2) is 15.0 Å². The summed E-state index contributed by atoms with van der Waals surface area (Å²) < 4.78 is 1.80. The predicted molar refractivity (Wildman–Crippen MR) is 76.3 cm³/mol. The quantitative estimate of drug-likeness (QED) is 0.792. The van der Waals surface area contributed by atoms with Crippen molar-refractivity contribution in [1.82, 2.24) is 15.0 Å². The summed E-state index contributed by atoms with van der Waals surface area (Å²) >= 11 is 1.69. The highest BCUT2D eigenvalue weighted by atomic mass is 32.1. The number of hydrogen-bond acceptors (Lipinski definition) is 4. The van der Waals surface area contributed by atoms with Crippen LogP contribution in [0.15, 0.2) is 53.4 Å². The molecule has 19 heavy (non-hydrogen) atoms. The van der Waals surface area contributed by atoms with Gasteiger partial charge in [-0.25, -0.2) is 4.68 Å². The predicted octanol–water partition coefficient (Wildman–Crippen LogP) is 2.57. The second-order valence-corrected chi connectivity index (χ2v) is 5.13. The molecule has 0 aliphatic carbocycles. The summed E-state index contributed by atoms with van der Waals surface area (Å²) in [6.45, 7) is 0. The lowest BCUT2D eigenvalue weighted by Gasteiger charge is -2.12. The van der Waals surface area contributed by atoms with E-state index in [0.29, 0.717) is 0 Å². The van der Waals surface area contributed by atoms with Gasteiger partial charge in [-0.05, 0) is 40.9 Å². The van der Waals surface area contributed by atoms with E-state index in [4.69, 9.17) is 5.73 Å². The molecule has 0 radical (unpaired) electrons. The average Bonchev–Trinajstić information content (AvgIpc) is 3.10. The van der Waals surface area contributed by atoms with Crippen molar-refractivity contribution in [3.8, 4) is 5.69 Å². The third-order valence-corrected chi connectivity index (χ3v) is 3.72. The van der Waals surface area contributed by atoms with Crippen LogP contribution in [0.3, 0.4) is 0 Å². The zero-order valence-corrected chi connectivity index (χ0v) is 11.1. The number of rotatable bonds is 4. The van der Waals surface area contributed by atoms with Gasteiger partial charge in [-0.15, -0.1) is 5.10 Å². The monoisotopic (exact) mass is 270 g/mol. The minimum atomic E-state index is -0.107. The van der Waals surface area contributed by atoms with Crippen LogP contribution in [-0.2, 0) is 6.42 Å². The normalized spacial score (nSPS) is 12.5. The Morgan fingerprint density at radius 2 is 2.05 bits per heavy atom. The number of para-hydroxylation sites is 1. The Balaban J connectivity index is 1.88. The minimum Gasteiger partial charge on any atom is -0.322 e. The fourth-order valence-electron chi connectivity index (χ4n) is 2.03. The van der Waals surface area contributed by atoms with Crippen molar-refractivity contribution < 1.29 is 0 Å². The molecule has 0 aliphatic rings. The van der Waals surface area contributed by atoms with Crippen molar-refractivity contribution in [3.05, 3.63) is 64.6 Å². The molecule has 1 atom stereocenters. The van der Waals surface area contributed by atoms with Crippen LogP contribution < -0.4 is 5.73 Å². The summed E-state index contributed by atoms with van der Waals surface area (Å²) in [5.41, 5.74) is 9.43. The van der Waals surface area contributed by atoms with E-state index in [9.17, 15) is 0 Å². The molecule has 0 aliphatic heterocycles. The molecule has 0 bridgehead atoms. The van der Waals surface area contributed by atoms with Gasteiger partial charge in [0.15, 0.2) is 0 Å². The first kappa shape index (κ1) is 12.1. The van der Waals surface area contributed by atoms with E-state index in [-0.39, 0.29) is 6.04 Å². The maximum Gasteiger partial charge on any atom is 0.0816 e. The Hall–Kier alpha value is -1.98. The van der Waals surface area contributed by atoms with Crippen molar-refractivity contribution in [2.24, 2.45) is 5.73 Å². The van der Waals surface area contributed by atoms with Crippen molar-refractivity contribution in [3.63, 3.8) is 0 Å². The molecule has 0 spiro atoms. The molecule has 0 fully saturated rings. The summed E-state index contributed by atoms with van der Waals surface area (Å²) in [5, 5.41) is 12.3. The molecule has 0 amide bonds. The summed E-state index contributed by atoms with van der Waals surface area (Å²) in [6.07, 6.45) is 2.54. The fourth-order valence-corrected chi connectivity index (χ4v) is 2.71. The Morgan fingerprint density at radius 1 is 1.21 bits per heavy atom. The van der Waals surface area contributed by atoms with E-state index in [2.05, 4.69) is 27.1 Å². The molecule has 0 saturated carbocycles. The number of thiophene rings is 1. The first-order valence-corrected chi connectivity index (χ1v) is 7.01. The molecule has 5 heteroatoms. The standard InChI is InChI=1S/C14H14N4S/c15-13(8-11-6-7-19-10-11)14-9-16-17-18(14)12-4-2-1-3-5-12/h1-7,9-10,13H,8,15H2. The SMILES string of the molecule is NC(Cc1ccsc1)c1cnnn1-c1ccccc1. The molecular weight excluding hydrogens is 256 g/mol. The minimum absolute atomic E-state index is 0.107. The van der Waals surface area contributed by atoms with Gasteiger partial charge >= 0.3 is 0 Å². The zero-order chi connectivity index (χ0) is 13.1. The van der Waals surface area contributed by atoms with Crippen molar-refractivity contribution >= 4 is 11.3 Å². The summed E-state index contributed by atoms with van der Waals surface area (Å²) in [4.78, 5) is 0. The van der Waals surface area contributed by atoms with Crippen LogP contribution >= 0.6 is 11.3 Å². The maximum absolute atomic E-state index is 6.27. The third-order valence-electron chi connectivity index (χ3n) is 2.99. The smallest absolute Gasteiger partial charge is 0.0816 e. The Bertz CT molecular complexity index is 631. The zero-order valence-electron chi connectivity index (χ0n) is 10.3. The molecule has 1 unspecified atom stereocenters. The van der Waals surface area contributed by atoms with E-state index >= 15 is 0 Å². The summed E-state index contributed by atoms with van der Waals surface area (Å²) in [5.74, 6) is 0. The highest BCUT2D eigenvalue weighted by Gasteiger charge is 2.14. The largest absolute Gasteiger partial charge is 0.322 e. The first-order chi connectivity index (χ1) is 9.34. The van der Waals surface area contributed by atoms with Crippen LogP contribution in [0.4, 0.5) is 0 Å². The summed E-state index contributed by atoms with van der Waals surface area (Å²) in [6, 6.07) is 11.9. The van der Waals surface area contributed by atoms with Crippen LogP contribution in [0.25, 0.3) is 5.69 Å². The molecule has 3 rings (SSSR count). The first-order valence-electron chi connectivity index (χ1n) is 6.07. The average molecular weight is 270 g/mol. The molecule has 96 valence electrons. The second-order valence-electron chi connectivity index (χ2n) is 4.35. The van der Waals surface area contributed by atoms with Gasteiger partial charge in [0.05, 0.1) is 23.6 Å². The van der Waals surface area contributed by atoms with Gasteiger partial charge in [-0.2, -0.15) is 11.3 Å². The fraction of sp³-hybridized carbons (Fsp3) is 0.143. The van der Waals surface area contributed by atoms with Gasteiger partial charge in [0.1, 0.15) is 0 Å². The van der Waals surface area contributed by atoms with Gasteiger partial charge in [0, 0.05) is 0 Å². The highest BCUT2D eigenvalue weighted by molar-refractivity contribution is 7.07. The Labute approximate surface area is 115 Å². The third kappa shape index (κ3) is 2.57. The van der Waals surface area contributed by atoms with E-state index in [1.807, 2.05) is 30.3 Å². The number of nitrogens with zero attached hydrogens (tertiary/aromatic N) is 3. The molecule has 2 aromatic heterocycles. The molecule has 2 N–H and O–H groups in total. The van der Waals surface area contributed by atoms with Crippen LogP contribution in [0, 0.1) is 0 Å². The lowest BCUT2D eigenvalue weighted by molar-refractivity contribution is 0.650. The molecular formula is C14H14N4S. The lowest BCUT2D eigenvalue weighted by atomic mass is 10.1. The van der Waals surface area contributed by atoms with Crippen molar-refractivity contribution in [2.75, 3.05) is 0 Å². The lowest BCUT2D eigenvalue weighted by Crippen LogP contribution is -2.17. The van der Waals surface area contributed by atoms with E-state index in [1.165, 1.54) is 5.56 Å². The van der Waals surface area contributed by atoms with Crippen LogP contribution in [0.5, 0.6) is 0 Å². The van der Waals surface area contributed by atoms with Gasteiger partial charge in [0.2, 0.25) is 0 Å². The molecule has 2 heterocycles. The van der Waals surface area contributed by atoms with Crippen molar-refractivity contribution in [1.29, 1.82) is 0 Å². The van der Waals surface area contributed by atoms with Gasteiger partial charge in [-0.1, -0.05) is 23.4 Å². The van der Waals surface area contributed by atoms with E-state index in [1.54, 1.807) is 22.2 Å².